The normalized spacial score (nSPS) is 18.3. The Hall–Kier alpha value is -2.08. The Balaban J connectivity index is 1.87. The fourth-order valence-electron chi connectivity index (χ4n) is 2.54. The first kappa shape index (κ1) is 15.3. The monoisotopic (exact) mass is 291 g/mol. The van der Waals surface area contributed by atoms with E-state index in [0.29, 0.717) is 18.0 Å². The van der Waals surface area contributed by atoms with Crippen LogP contribution in [0.25, 0.3) is 0 Å². The third-order valence-corrected chi connectivity index (χ3v) is 3.64. The summed E-state index contributed by atoms with van der Waals surface area (Å²) in [4.78, 5) is 25.6. The maximum absolute atomic E-state index is 12.1. The lowest BCUT2D eigenvalue weighted by molar-refractivity contribution is -0.124. The Morgan fingerprint density at radius 3 is 2.86 bits per heavy atom. The van der Waals surface area contributed by atoms with E-state index in [0.717, 1.165) is 13.0 Å². The zero-order chi connectivity index (χ0) is 15.2. The van der Waals surface area contributed by atoms with E-state index in [4.69, 9.17) is 4.74 Å². The van der Waals surface area contributed by atoms with Crippen molar-refractivity contribution in [2.75, 3.05) is 39.1 Å². The largest absolute Gasteiger partial charge is 0.495 e. The zero-order valence-electron chi connectivity index (χ0n) is 12.4. The van der Waals surface area contributed by atoms with E-state index in [-0.39, 0.29) is 24.3 Å². The predicted octanol–water partition coefficient (Wildman–Crippen LogP) is 0.702. The van der Waals surface area contributed by atoms with Gasteiger partial charge in [-0.05, 0) is 25.1 Å². The Morgan fingerprint density at radius 1 is 1.38 bits per heavy atom. The molecule has 1 fully saturated rings. The summed E-state index contributed by atoms with van der Waals surface area (Å²) in [6, 6.07) is 7.29. The molecule has 1 aliphatic rings. The van der Waals surface area contributed by atoms with Crippen molar-refractivity contribution in [2.45, 2.75) is 6.42 Å². The topological polar surface area (TPSA) is 70.7 Å². The highest BCUT2D eigenvalue weighted by atomic mass is 16.5. The minimum absolute atomic E-state index is 0.0194. The van der Waals surface area contributed by atoms with Crippen LogP contribution >= 0.6 is 0 Å². The van der Waals surface area contributed by atoms with Gasteiger partial charge in [0.15, 0.2) is 0 Å². The second kappa shape index (κ2) is 7.08. The summed E-state index contributed by atoms with van der Waals surface area (Å²) in [5.74, 6) is 0.560. The highest BCUT2D eigenvalue weighted by molar-refractivity contribution is 5.93. The highest BCUT2D eigenvalue weighted by Crippen LogP contribution is 2.23. The van der Waals surface area contributed by atoms with Crippen molar-refractivity contribution < 1.29 is 14.3 Å². The van der Waals surface area contributed by atoms with Gasteiger partial charge in [0.25, 0.3) is 0 Å². The highest BCUT2D eigenvalue weighted by Gasteiger charge is 2.28. The van der Waals surface area contributed by atoms with Crippen molar-refractivity contribution in [3.63, 3.8) is 0 Å². The van der Waals surface area contributed by atoms with Crippen molar-refractivity contribution in [1.29, 1.82) is 0 Å². The third-order valence-electron chi connectivity index (χ3n) is 3.64. The molecule has 0 bridgehead atoms. The molecule has 1 saturated heterocycles. The molecule has 1 aliphatic heterocycles. The van der Waals surface area contributed by atoms with Crippen LogP contribution in [0.2, 0.25) is 0 Å². The van der Waals surface area contributed by atoms with Gasteiger partial charge in [0, 0.05) is 13.6 Å². The number of carbonyl (C=O) groups is 2. The second-order valence-electron chi connectivity index (χ2n) is 5.08. The molecule has 21 heavy (non-hydrogen) atoms. The van der Waals surface area contributed by atoms with Gasteiger partial charge in [0.2, 0.25) is 11.8 Å². The molecule has 114 valence electrons. The van der Waals surface area contributed by atoms with Gasteiger partial charge >= 0.3 is 0 Å². The molecule has 2 rings (SSSR count). The molecule has 1 aromatic carbocycles. The standard InChI is InChI=1S/C15H21N3O3/c1-16-15(20)11-7-8-18(9-11)10-14(19)17-12-5-3-4-6-13(12)21-2/h3-6,11H,7-10H2,1-2H3,(H,16,20)(H,17,19). The molecule has 1 heterocycles. The quantitative estimate of drug-likeness (QED) is 0.838. The first-order valence-electron chi connectivity index (χ1n) is 7.01. The molecule has 1 aromatic rings. The minimum atomic E-state index is -0.0999. The Labute approximate surface area is 124 Å². The summed E-state index contributed by atoms with van der Waals surface area (Å²) in [6.45, 7) is 1.67. The molecule has 1 atom stereocenters. The molecule has 1 unspecified atom stereocenters. The number of benzene rings is 1. The molecular weight excluding hydrogens is 270 g/mol. The number of nitrogens with one attached hydrogen (secondary N) is 2. The van der Waals surface area contributed by atoms with Crippen LogP contribution in [0.4, 0.5) is 5.69 Å². The fourth-order valence-corrected chi connectivity index (χ4v) is 2.54. The fraction of sp³-hybridized carbons (Fsp3) is 0.467. The molecule has 6 heteroatoms. The van der Waals surface area contributed by atoms with Crippen LogP contribution in [0.5, 0.6) is 5.75 Å². The van der Waals surface area contributed by atoms with E-state index >= 15 is 0 Å². The van der Waals surface area contributed by atoms with Gasteiger partial charge in [0.1, 0.15) is 5.75 Å². The van der Waals surface area contributed by atoms with Gasteiger partial charge in [0.05, 0.1) is 25.3 Å². The number of rotatable bonds is 5. The van der Waals surface area contributed by atoms with Crippen molar-refractivity contribution in [2.24, 2.45) is 5.92 Å². The van der Waals surface area contributed by atoms with E-state index in [9.17, 15) is 9.59 Å². The number of hydrogen-bond donors (Lipinski definition) is 2. The maximum Gasteiger partial charge on any atom is 0.238 e. The summed E-state index contributed by atoms with van der Waals surface area (Å²) >= 11 is 0. The van der Waals surface area contributed by atoms with E-state index in [2.05, 4.69) is 10.6 Å². The zero-order valence-corrected chi connectivity index (χ0v) is 12.4. The smallest absolute Gasteiger partial charge is 0.238 e. The molecule has 0 radical (unpaired) electrons. The van der Waals surface area contributed by atoms with Crippen molar-refractivity contribution in [3.8, 4) is 5.75 Å². The number of methoxy groups -OCH3 is 1. The van der Waals surface area contributed by atoms with Crippen LogP contribution < -0.4 is 15.4 Å². The molecular formula is C15H21N3O3. The van der Waals surface area contributed by atoms with Crippen molar-refractivity contribution >= 4 is 17.5 Å². The summed E-state index contributed by atoms with van der Waals surface area (Å²) in [5.41, 5.74) is 0.659. The van der Waals surface area contributed by atoms with Crippen LogP contribution in [0.3, 0.4) is 0 Å². The van der Waals surface area contributed by atoms with Crippen LogP contribution in [0, 0.1) is 5.92 Å². The number of anilines is 1. The lowest BCUT2D eigenvalue weighted by Gasteiger charge is -2.16. The van der Waals surface area contributed by atoms with E-state index < -0.39 is 0 Å². The predicted molar refractivity (Wildman–Crippen MR) is 80.2 cm³/mol. The summed E-state index contributed by atoms with van der Waals surface area (Å²) < 4.78 is 5.20. The maximum atomic E-state index is 12.1. The first-order valence-corrected chi connectivity index (χ1v) is 7.01. The SMILES string of the molecule is CNC(=O)C1CCN(CC(=O)Nc2ccccc2OC)C1. The second-order valence-corrected chi connectivity index (χ2v) is 5.08. The number of carbonyl (C=O) groups excluding carboxylic acids is 2. The molecule has 0 aromatic heterocycles. The van der Waals surface area contributed by atoms with Crippen LogP contribution in [0.1, 0.15) is 6.42 Å². The first-order chi connectivity index (χ1) is 10.1. The van der Waals surface area contributed by atoms with Crippen molar-refractivity contribution in [3.05, 3.63) is 24.3 Å². The Kier molecular flexibility index (Phi) is 5.16. The molecule has 0 saturated carbocycles. The summed E-state index contributed by atoms with van der Waals surface area (Å²) in [6.07, 6.45) is 0.793. The molecule has 2 amide bonds. The van der Waals surface area contributed by atoms with E-state index in [1.54, 1.807) is 26.3 Å². The van der Waals surface area contributed by atoms with Crippen LogP contribution in [0.15, 0.2) is 24.3 Å². The van der Waals surface area contributed by atoms with E-state index in [1.165, 1.54) is 0 Å². The van der Waals surface area contributed by atoms with Gasteiger partial charge < -0.3 is 15.4 Å². The number of amides is 2. The number of para-hydroxylation sites is 2. The number of hydrogen-bond acceptors (Lipinski definition) is 4. The lowest BCUT2D eigenvalue weighted by atomic mass is 10.1. The van der Waals surface area contributed by atoms with Crippen LogP contribution in [-0.2, 0) is 9.59 Å². The number of likely N-dealkylation sites (tertiary alicyclic amines) is 1. The lowest BCUT2D eigenvalue weighted by Crippen LogP contribution is -2.34. The van der Waals surface area contributed by atoms with Gasteiger partial charge in [-0.3, -0.25) is 14.5 Å². The van der Waals surface area contributed by atoms with Gasteiger partial charge in [-0.1, -0.05) is 12.1 Å². The molecule has 6 nitrogen and oxygen atoms in total. The van der Waals surface area contributed by atoms with Gasteiger partial charge in [-0.15, -0.1) is 0 Å². The van der Waals surface area contributed by atoms with Crippen molar-refractivity contribution in [1.82, 2.24) is 10.2 Å². The Bertz CT molecular complexity index is 519. The van der Waals surface area contributed by atoms with Gasteiger partial charge in [-0.2, -0.15) is 0 Å². The van der Waals surface area contributed by atoms with Crippen LogP contribution in [-0.4, -0.2) is 50.5 Å². The number of ether oxygens (including phenoxy) is 1. The van der Waals surface area contributed by atoms with Gasteiger partial charge in [-0.25, -0.2) is 0 Å². The minimum Gasteiger partial charge on any atom is -0.495 e. The average molecular weight is 291 g/mol. The third kappa shape index (κ3) is 3.95. The average Bonchev–Trinajstić information content (AvgIpc) is 2.95. The molecule has 2 N–H and O–H groups in total. The molecule has 0 spiro atoms. The molecule has 0 aliphatic carbocycles. The van der Waals surface area contributed by atoms with E-state index in [1.807, 2.05) is 17.0 Å². The number of nitrogens with zero attached hydrogens (tertiary/aromatic N) is 1. The Morgan fingerprint density at radius 2 is 2.14 bits per heavy atom. The summed E-state index contributed by atoms with van der Waals surface area (Å²) in [7, 11) is 3.21. The summed E-state index contributed by atoms with van der Waals surface area (Å²) in [5, 5.41) is 5.49.